The summed E-state index contributed by atoms with van der Waals surface area (Å²) in [6.07, 6.45) is 5.85. The van der Waals surface area contributed by atoms with Crippen LogP contribution in [-0.2, 0) is 16.0 Å². The van der Waals surface area contributed by atoms with Gasteiger partial charge in [0.25, 0.3) is 0 Å². The monoisotopic (exact) mass is 346 g/mol. The summed E-state index contributed by atoms with van der Waals surface area (Å²) < 4.78 is 13.6. The SMILES string of the molecule is CCC1CCCCN1C(=O)C1(C(=O)NCCc2ccccc2F)CC1. The topological polar surface area (TPSA) is 49.4 Å². The van der Waals surface area contributed by atoms with Crippen molar-refractivity contribution in [2.75, 3.05) is 13.1 Å². The van der Waals surface area contributed by atoms with E-state index in [1.165, 1.54) is 6.07 Å². The average molecular weight is 346 g/mol. The molecule has 1 heterocycles. The van der Waals surface area contributed by atoms with Gasteiger partial charge in [0, 0.05) is 19.1 Å². The van der Waals surface area contributed by atoms with Crippen molar-refractivity contribution in [1.29, 1.82) is 0 Å². The lowest BCUT2D eigenvalue weighted by Gasteiger charge is -2.37. The molecule has 1 aromatic carbocycles. The standard InChI is InChI=1S/C20H27FN2O2/c1-2-16-8-5-6-14-23(16)19(25)20(11-12-20)18(24)22-13-10-15-7-3-4-9-17(15)21/h3-4,7,9,16H,2,5-6,8,10-14H2,1H3,(H,22,24). The van der Waals surface area contributed by atoms with Gasteiger partial charge in [-0.1, -0.05) is 25.1 Å². The highest BCUT2D eigenvalue weighted by Gasteiger charge is 2.58. The van der Waals surface area contributed by atoms with Crippen LogP contribution in [0.3, 0.4) is 0 Å². The quantitative estimate of drug-likeness (QED) is 0.805. The molecule has 1 N–H and O–H groups in total. The first-order valence-corrected chi connectivity index (χ1v) is 9.41. The van der Waals surface area contributed by atoms with Crippen LogP contribution in [0.25, 0.3) is 0 Å². The lowest BCUT2D eigenvalue weighted by molar-refractivity contribution is -0.147. The Morgan fingerprint density at radius 3 is 2.72 bits per heavy atom. The maximum atomic E-state index is 13.6. The van der Waals surface area contributed by atoms with E-state index in [0.717, 1.165) is 32.2 Å². The third-order valence-corrected chi connectivity index (χ3v) is 5.59. The normalized spacial score (nSPS) is 21.7. The van der Waals surface area contributed by atoms with Crippen LogP contribution < -0.4 is 5.32 Å². The number of nitrogens with one attached hydrogen (secondary N) is 1. The number of likely N-dealkylation sites (tertiary alicyclic amines) is 1. The van der Waals surface area contributed by atoms with Crippen molar-refractivity contribution >= 4 is 11.8 Å². The van der Waals surface area contributed by atoms with Crippen LogP contribution >= 0.6 is 0 Å². The van der Waals surface area contributed by atoms with Gasteiger partial charge in [0.15, 0.2) is 0 Å². The molecule has 136 valence electrons. The number of benzene rings is 1. The first-order chi connectivity index (χ1) is 12.1. The Hall–Kier alpha value is -1.91. The van der Waals surface area contributed by atoms with Crippen molar-refractivity contribution in [2.45, 2.75) is 57.9 Å². The zero-order valence-corrected chi connectivity index (χ0v) is 14.9. The molecular weight excluding hydrogens is 319 g/mol. The van der Waals surface area contributed by atoms with Gasteiger partial charge in [0.05, 0.1) is 0 Å². The fourth-order valence-corrected chi connectivity index (χ4v) is 3.81. The van der Waals surface area contributed by atoms with Crippen LogP contribution in [0.5, 0.6) is 0 Å². The van der Waals surface area contributed by atoms with Crippen LogP contribution in [0, 0.1) is 11.2 Å². The van der Waals surface area contributed by atoms with Gasteiger partial charge < -0.3 is 10.2 Å². The zero-order valence-electron chi connectivity index (χ0n) is 14.9. The second-order valence-electron chi connectivity index (χ2n) is 7.24. The number of amides is 2. The fourth-order valence-electron chi connectivity index (χ4n) is 3.81. The predicted molar refractivity (Wildman–Crippen MR) is 94.4 cm³/mol. The maximum Gasteiger partial charge on any atom is 0.238 e. The molecule has 25 heavy (non-hydrogen) atoms. The van der Waals surface area contributed by atoms with Gasteiger partial charge in [0.1, 0.15) is 11.2 Å². The van der Waals surface area contributed by atoms with Crippen molar-refractivity contribution in [3.63, 3.8) is 0 Å². The molecule has 5 heteroatoms. The summed E-state index contributed by atoms with van der Waals surface area (Å²) in [7, 11) is 0. The summed E-state index contributed by atoms with van der Waals surface area (Å²) in [6.45, 7) is 3.22. The van der Waals surface area contributed by atoms with Crippen LogP contribution in [0.4, 0.5) is 4.39 Å². The highest BCUT2D eigenvalue weighted by Crippen LogP contribution is 2.48. The van der Waals surface area contributed by atoms with Gasteiger partial charge in [0.2, 0.25) is 11.8 Å². The van der Waals surface area contributed by atoms with E-state index in [4.69, 9.17) is 0 Å². The largest absolute Gasteiger partial charge is 0.355 e. The number of nitrogens with zero attached hydrogens (tertiary/aromatic N) is 1. The average Bonchev–Trinajstić information content (AvgIpc) is 3.44. The van der Waals surface area contributed by atoms with E-state index in [9.17, 15) is 14.0 Å². The number of halogens is 1. The van der Waals surface area contributed by atoms with E-state index in [2.05, 4.69) is 12.2 Å². The molecule has 1 unspecified atom stereocenters. The maximum absolute atomic E-state index is 13.6. The second kappa shape index (κ2) is 7.54. The van der Waals surface area contributed by atoms with Gasteiger partial charge in [-0.3, -0.25) is 9.59 Å². The molecule has 3 rings (SSSR count). The molecule has 1 aromatic rings. The van der Waals surface area contributed by atoms with Gasteiger partial charge in [-0.05, 0) is 56.6 Å². The van der Waals surface area contributed by atoms with Crippen LogP contribution in [0.15, 0.2) is 24.3 Å². The summed E-state index contributed by atoms with van der Waals surface area (Å²) in [5.41, 5.74) is -0.277. The molecule has 1 saturated carbocycles. The summed E-state index contributed by atoms with van der Waals surface area (Å²) >= 11 is 0. The molecule has 0 radical (unpaired) electrons. The third kappa shape index (κ3) is 3.70. The van der Waals surface area contributed by atoms with Crippen LogP contribution in [-0.4, -0.2) is 35.8 Å². The highest BCUT2D eigenvalue weighted by molar-refractivity contribution is 6.08. The Bertz CT molecular complexity index is 642. The number of rotatable bonds is 6. The minimum absolute atomic E-state index is 0.00226. The Kier molecular flexibility index (Phi) is 5.40. The summed E-state index contributed by atoms with van der Waals surface area (Å²) in [5.74, 6) is -0.440. The van der Waals surface area contributed by atoms with Gasteiger partial charge in [-0.25, -0.2) is 4.39 Å². The molecule has 1 aliphatic heterocycles. The molecule has 1 saturated heterocycles. The first-order valence-electron chi connectivity index (χ1n) is 9.41. The molecule has 2 fully saturated rings. The minimum Gasteiger partial charge on any atom is -0.355 e. The van der Waals surface area contributed by atoms with Crippen molar-refractivity contribution in [3.05, 3.63) is 35.6 Å². The second-order valence-corrected chi connectivity index (χ2v) is 7.24. The van der Waals surface area contributed by atoms with E-state index in [0.29, 0.717) is 31.4 Å². The van der Waals surface area contributed by atoms with Crippen molar-refractivity contribution in [1.82, 2.24) is 10.2 Å². The van der Waals surface area contributed by atoms with Crippen molar-refractivity contribution in [2.24, 2.45) is 5.41 Å². The first kappa shape index (κ1) is 17.9. The molecule has 0 aromatic heterocycles. The lowest BCUT2D eigenvalue weighted by atomic mass is 9.95. The Morgan fingerprint density at radius 1 is 1.28 bits per heavy atom. The summed E-state index contributed by atoms with van der Waals surface area (Å²) in [5, 5.41) is 2.86. The van der Waals surface area contributed by atoms with E-state index in [1.54, 1.807) is 18.2 Å². The highest BCUT2D eigenvalue weighted by atomic mass is 19.1. The molecule has 0 bridgehead atoms. The van der Waals surface area contributed by atoms with E-state index >= 15 is 0 Å². The molecule has 1 aliphatic carbocycles. The van der Waals surface area contributed by atoms with E-state index in [1.807, 2.05) is 4.90 Å². The van der Waals surface area contributed by atoms with Gasteiger partial charge in [-0.15, -0.1) is 0 Å². The molecule has 4 nitrogen and oxygen atoms in total. The number of piperidine rings is 1. The van der Waals surface area contributed by atoms with E-state index < -0.39 is 5.41 Å². The molecule has 0 spiro atoms. The summed E-state index contributed by atoms with van der Waals surface area (Å²) in [6, 6.07) is 6.85. The molecule has 2 aliphatic rings. The number of hydrogen-bond donors (Lipinski definition) is 1. The number of hydrogen-bond acceptors (Lipinski definition) is 2. The zero-order chi connectivity index (χ0) is 17.9. The number of carbonyl (C=O) groups excluding carboxylic acids is 2. The predicted octanol–water partition coefficient (Wildman–Crippen LogP) is 3.06. The van der Waals surface area contributed by atoms with E-state index in [-0.39, 0.29) is 23.7 Å². The minimum atomic E-state index is -0.861. The smallest absolute Gasteiger partial charge is 0.238 e. The van der Waals surface area contributed by atoms with Crippen molar-refractivity contribution < 1.29 is 14.0 Å². The van der Waals surface area contributed by atoms with Crippen molar-refractivity contribution in [3.8, 4) is 0 Å². The van der Waals surface area contributed by atoms with Crippen LogP contribution in [0.2, 0.25) is 0 Å². The van der Waals surface area contributed by atoms with Gasteiger partial charge in [-0.2, -0.15) is 0 Å². The molecule has 1 atom stereocenters. The Morgan fingerprint density at radius 2 is 2.04 bits per heavy atom. The number of carbonyl (C=O) groups is 2. The third-order valence-electron chi connectivity index (χ3n) is 5.59. The fraction of sp³-hybridized carbons (Fsp3) is 0.600. The summed E-state index contributed by atoms with van der Waals surface area (Å²) in [4.78, 5) is 27.6. The van der Waals surface area contributed by atoms with Crippen LogP contribution in [0.1, 0.15) is 51.0 Å². The molecule has 2 amide bonds. The Labute approximate surface area is 148 Å². The Balaban J connectivity index is 1.57. The van der Waals surface area contributed by atoms with Gasteiger partial charge >= 0.3 is 0 Å². The molecular formula is C20H27FN2O2. The lowest BCUT2D eigenvalue weighted by Crippen LogP contribution is -2.51.